The van der Waals surface area contributed by atoms with Gasteiger partial charge >= 0.3 is 6.18 Å². The molecule has 0 aromatic heterocycles. The molecular weight excluding hydrogens is 373 g/mol. The Balaban J connectivity index is 1.68. The molecule has 0 radical (unpaired) electrons. The smallest absolute Gasteiger partial charge is 0.381 e. The van der Waals surface area contributed by atoms with Crippen LogP contribution in [0.2, 0.25) is 0 Å². The minimum absolute atomic E-state index is 0.0384. The second-order valence-corrected chi connectivity index (χ2v) is 6.49. The molecule has 1 aliphatic rings. The molecule has 0 bridgehead atoms. The van der Waals surface area contributed by atoms with Crippen LogP contribution in [0.15, 0.2) is 48.5 Å². The molecule has 0 spiro atoms. The van der Waals surface area contributed by atoms with Crippen LogP contribution in [-0.2, 0) is 15.7 Å². The Morgan fingerprint density at radius 3 is 2.25 bits per heavy atom. The predicted octanol–water partition coefficient (Wildman–Crippen LogP) is 4.32. The summed E-state index contributed by atoms with van der Waals surface area (Å²) >= 11 is 0. The first kappa shape index (κ1) is 19.9. The van der Waals surface area contributed by atoms with Crippen molar-refractivity contribution in [3.63, 3.8) is 0 Å². The molecule has 0 atom stereocenters. The van der Waals surface area contributed by atoms with Crippen LogP contribution < -0.4 is 10.6 Å². The van der Waals surface area contributed by atoms with Crippen LogP contribution in [0.4, 0.5) is 24.5 Å². The zero-order valence-corrected chi connectivity index (χ0v) is 14.9. The lowest BCUT2D eigenvalue weighted by atomic mass is 9.99. The van der Waals surface area contributed by atoms with Crippen molar-refractivity contribution >= 4 is 23.2 Å². The van der Waals surface area contributed by atoms with Crippen molar-refractivity contribution < 1.29 is 27.5 Å². The number of carbonyl (C=O) groups is 2. The molecule has 2 amide bonds. The Morgan fingerprint density at radius 1 is 0.929 bits per heavy atom. The van der Waals surface area contributed by atoms with E-state index >= 15 is 0 Å². The molecule has 8 heteroatoms. The topological polar surface area (TPSA) is 67.4 Å². The molecule has 2 N–H and O–H groups in total. The summed E-state index contributed by atoms with van der Waals surface area (Å²) in [5.41, 5.74) is -0.130. The maximum Gasteiger partial charge on any atom is 0.416 e. The van der Waals surface area contributed by atoms with Gasteiger partial charge in [0.05, 0.1) is 5.56 Å². The highest BCUT2D eigenvalue weighted by Gasteiger charge is 2.30. The van der Waals surface area contributed by atoms with E-state index in [1.165, 1.54) is 24.3 Å². The van der Waals surface area contributed by atoms with E-state index in [-0.39, 0.29) is 23.1 Å². The van der Waals surface area contributed by atoms with Gasteiger partial charge in [-0.2, -0.15) is 13.2 Å². The summed E-state index contributed by atoms with van der Waals surface area (Å²) < 4.78 is 43.6. The minimum atomic E-state index is -4.49. The third-order valence-electron chi connectivity index (χ3n) is 4.43. The van der Waals surface area contributed by atoms with Gasteiger partial charge in [0, 0.05) is 36.1 Å². The molecule has 5 nitrogen and oxygen atoms in total. The number of alkyl halides is 3. The summed E-state index contributed by atoms with van der Waals surface area (Å²) in [4.78, 5) is 24.7. The van der Waals surface area contributed by atoms with Crippen molar-refractivity contribution in [3.05, 3.63) is 59.7 Å². The van der Waals surface area contributed by atoms with Crippen LogP contribution in [0.5, 0.6) is 0 Å². The Hall–Kier alpha value is -2.87. The zero-order valence-electron chi connectivity index (χ0n) is 14.9. The summed E-state index contributed by atoms with van der Waals surface area (Å²) in [5, 5.41) is 5.22. The van der Waals surface area contributed by atoms with Gasteiger partial charge in [0.25, 0.3) is 5.91 Å². The lowest BCUT2D eigenvalue weighted by molar-refractivity contribution is -0.137. The van der Waals surface area contributed by atoms with Gasteiger partial charge in [-0.05, 0) is 49.2 Å². The fraction of sp³-hybridized carbons (Fsp3) is 0.300. The number of amides is 2. The molecule has 0 unspecified atom stereocenters. The molecule has 1 saturated heterocycles. The first-order valence-corrected chi connectivity index (χ1v) is 8.80. The average Bonchev–Trinajstić information content (AvgIpc) is 2.68. The quantitative estimate of drug-likeness (QED) is 0.814. The zero-order chi connectivity index (χ0) is 20.1. The van der Waals surface area contributed by atoms with Gasteiger partial charge in [0.1, 0.15) is 0 Å². The van der Waals surface area contributed by atoms with Gasteiger partial charge in [-0.1, -0.05) is 12.1 Å². The van der Waals surface area contributed by atoms with E-state index < -0.39 is 17.6 Å². The van der Waals surface area contributed by atoms with E-state index in [0.29, 0.717) is 31.7 Å². The van der Waals surface area contributed by atoms with Crippen molar-refractivity contribution in [3.8, 4) is 0 Å². The molecule has 1 fully saturated rings. The van der Waals surface area contributed by atoms with Crippen LogP contribution in [0, 0.1) is 5.92 Å². The number of benzene rings is 2. The van der Waals surface area contributed by atoms with E-state index in [9.17, 15) is 22.8 Å². The van der Waals surface area contributed by atoms with Gasteiger partial charge in [-0.3, -0.25) is 9.59 Å². The van der Waals surface area contributed by atoms with Gasteiger partial charge in [0.15, 0.2) is 0 Å². The van der Waals surface area contributed by atoms with Crippen molar-refractivity contribution in [1.29, 1.82) is 0 Å². The number of nitrogens with one attached hydrogen (secondary N) is 2. The van der Waals surface area contributed by atoms with Crippen molar-refractivity contribution in [2.24, 2.45) is 5.92 Å². The molecule has 0 aliphatic carbocycles. The fourth-order valence-electron chi connectivity index (χ4n) is 2.92. The average molecular weight is 392 g/mol. The number of ether oxygens (including phenoxy) is 1. The number of halogens is 3. The highest BCUT2D eigenvalue weighted by molar-refractivity contribution is 6.05. The Kier molecular flexibility index (Phi) is 5.99. The third-order valence-corrected chi connectivity index (χ3v) is 4.43. The molecule has 3 rings (SSSR count). The number of carbonyl (C=O) groups excluding carboxylic acids is 2. The van der Waals surface area contributed by atoms with E-state index in [1.54, 1.807) is 12.1 Å². The van der Waals surface area contributed by atoms with E-state index in [2.05, 4.69) is 10.6 Å². The van der Waals surface area contributed by atoms with E-state index in [4.69, 9.17) is 4.74 Å². The molecule has 0 saturated carbocycles. The van der Waals surface area contributed by atoms with E-state index in [0.717, 1.165) is 12.1 Å². The van der Waals surface area contributed by atoms with Crippen molar-refractivity contribution in [2.75, 3.05) is 23.8 Å². The Morgan fingerprint density at radius 2 is 1.57 bits per heavy atom. The number of hydrogen-bond donors (Lipinski definition) is 2. The molecule has 28 heavy (non-hydrogen) atoms. The SMILES string of the molecule is O=C(Nc1cccc(C(F)(F)F)c1)c1cccc(NC(=O)C2CCOCC2)c1. The molecule has 1 aliphatic heterocycles. The Labute approximate surface area is 159 Å². The summed E-state index contributed by atoms with van der Waals surface area (Å²) in [5.74, 6) is -0.850. The monoisotopic (exact) mass is 392 g/mol. The number of rotatable bonds is 4. The summed E-state index contributed by atoms with van der Waals surface area (Å²) in [6.45, 7) is 1.08. The largest absolute Gasteiger partial charge is 0.416 e. The number of hydrogen-bond acceptors (Lipinski definition) is 3. The van der Waals surface area contributed by atoms with E-state index in [1.807, 2.05) is 0 Å². The van der Waals surface area contributed by atoms with Crippen molar-refractivity contribution in [1.82, 2.24) is 0 Å². The molecular formula is C20H19F3N2O3. The Bertz CT molecular complexity index is 862. The second kappa shape index (κ2) is 8.43. The maximum atomic E-state index is 12.8. The summed E-state index contributed by atoms with van der Waals surface area (Å²) in [6.07, 6.45) is -3.21. The lowest BCUT2D eigenvalue weighted by Gasteiger charge is -2.21. The summed E-state index contributed by atoms with van der Waals surface area (Å²) in [7, 11) is 0. The third kappa shape index (κ3) is 5.10. The van der Waals surface area contributed by atoms with Gasteiger partial charge in [-0.15, -0.1) is 0 Å². The van der Waals surface area contributed by atoms with Crippen LogP contribution in [0.25, 0.3) is 0 Å². The van der Waals surface area contributed by atoms with Crippen molar-refractivity contribution in [2.45, 2.75) is 19.0 Å². The molecule has 2 aromatic rings. The van der Waals surface area contributed by atoms with Gasteiger partial charge in [-0.25, -0.2) is 0 Å². The number of anilines is 2. The molecule has 2 aromatic carbocycles. The van der Waals surface area contributed by atoms with Crippen LogP contribution in [-0.4, -0.2) is 25.0 Å². The first-order chi connectivity index (χ1) is 13.3. The highest BCUT2D eigenvalue weighted by atomic mass is 19.4. The molecule has 1 heterocycles. The lowest BCUT2D eigenvalue weighted by Crippen LogP contribution is -2.28. The van der Waals surface area contributed by atoms with Gasteiger partial charge < -0.3 is 15.4 Å². The second-order valence-electron chi connectivity index (χ2n) is 6.49. The molecule has 148 valence electrons. The highest BCUT2D eigenvalue weighted by Crippen LogP contribution is 2.30. The van der Waals surface area contributed by atoms with Crippen LogP contribution in [0.1, 0.15) is 28.8 Å². The standard InChI is InChI=1S/C20H19F3N2O3/c21-20(22,23)15-4-2-6-17(12-15)25-19(27)14-3-1-5-16(11-14)24-18(26)13-7-9-28-10-8-13/h1-6,11-13H,7-10H2,(H,24,26)(H,25,27). The fourth-order valence-corrected chi connectivity index (χ4v) is 2.92. The maximum absolute atomic E-state index is 12.8. The summed E-state index contributed by atoms with van der Waals surface area (Å²) in [6, 6.07) is 10.7. The predicted molar refractivity (Wildman–Crippen MR) is 98.0 cm³/mol. The minimum Gasteiger partial charge on any atom is -0.381 e. The van der Waals surface area contributed by atoms with Crippen LogP contribution >= 0.6 is 0 Å². The van der Waals surface area contributed by atoms with Crippen LogP contribution in [0.3, 0.4) is 0 Å². The normalized spacial score (nSPS) is 15.1. The van der Waals surface area contributed by atoms with Gasteiger partial charge in [0.2, 0.25) is 5.91 Å². The first-order valence-electron chi connectivity index (χ1n) is 8.80.